The Labute approximate surface area is 169 Å². The largest absolute Gasteiger partial charge is 0.490 e. The third-order valence-corrected chi connectivity index (χ3v) is 6.47. The molecule has 1 aliphatic heterocycles. The molecule has 2 fully saturated rings. The molecule has 158 valence electrons. The molecule has 0 aromatic heterocycles. The Kier molecular flexibility index (Phi) is 6.68. The van der Waals surface area contributed by atoms with Gasteiger partial charge in [-0.1, -0.05) is 20.8 Å². The summed E-state index contributed by atoms with van der Waals surface area (Å²) in [4.78, 5) is 2.39. The van der Waals surface area contributed by atoms with E-state index in [9.17, 15) is 9.50 Å². The summed E-state index contributed by atoms with van der Waals surface area (Å²) >= 11 is 0. The van der Waals surface area contributed by atoms with Crippen molar-refractivity contribution in [2.24, 2.45) is 11.3 Å². The van der Waals surface area contributed by atoms with Crippen LogP contribution in [0.5, 0.6) is 5.75 Å². The highest BCUT2D eigenvalue weighted by Gasteiger charge is 2.38. The van der Waals surface area contributed by atoms with E-state index in [1.54, 1.807) is 19.1 Å². The van der Waals surface area contributed by atoms with Gasteiger partial charge in [0.25, 0.3) is 0 Å². The third-order valence-electron chi connectivity index (χ3n) is 6.47. The number of aliphatic hydroxyl groups is 1. The zero-order chi connectivity index (χ0) is 20.4. The average molecular weight is 394 g/mol. The van der Waals surface area contributed by atoms with E-state index in [2.05, 4.69) is 25.7 Å². The molecule has 0 bridgehead atoms. The SMILES string of the molecule is Cc1cc(OC[C@]2(O)COCCN(C3CCC(C(C)(C)C)CC3)C2)ccc1F. The van der Waals surface area contributed by atoms with Crippen molar-refractivity contribution in [3.63, 3.8) is 0 Å². The Bertz CT molecular complexity index is 652. The van der Waals surface area contributed by atoms with Gasteiger partial charge in [-0.3, -0.25) is 4.90 Å². The quantitative estimate of drug-likeness (QED) is 0.833. The fourth-order valence-electron chi connectivity index (χ4n) is 4.58. The molecular weight excluding hydrogens is 357 g/mol. The lowest BCUT2D eigenvalue weighted by atomic mass is 9.71. The van der Waals surface area contributed by atoms with Crippen LogP contribution in [0.2, 0.25) is 0 Å². The first-order valence-corrected chi connectivity index (χ1v) is 10.6. The molecule has 0 spiro atoms. The summed E-state index contributed by atoms with van der Waals surface area (Å²) in [5.41, 5.74) is -0.146. The van der Waals surface area contributed by atoms with Crippen LogP contribution >= 0.6 is 0 Å². The molecule has 0 amide bonds. The zero-order valence-corrected chi connectivity index (χ0v) is 17.8. The summed E-state index contributed by atoms with van der Waals surface area (Å²) in [6, 6.07) is 5.18. The first-order chi connectivity index (χ1) is 13.2. The van der Waals surface area contributed by atoms with Crippen LogP contribution in [0.3, 0.4) is 0 Å². The lowest BCUT2D eigenvalue weighted by Crippen LogP contribution is -2.52. The van der Waals surface area contributed by atoms with E-state index in [0.717, 1.165) is 12.5 Å². The van der Waals surface area contributed by atoms with Crippen molar-refractivity contribution in [2.45, 2.75) is 65.0 Å². The van der Waals surface area contributed by atoms with Gasteiger partial charge in [0.1, 0.15) is 23.8 Å². The highest BCUT2D eigenvalue weighted by atomic mass is 19.1. The standard InChI is InChI=1S/C23H36FNO3/c1-17-13-20(9-10-21(17)24)28-16-23(26)14-25(11-12-27-15-23)19-7-5-18(6-8-19)22(2,3)4/h9-10,13,18-19,26H,5-8,11-12,14-16H2,1-4H3/t18?,19?,23-/m1/s1. The molecule has 0 unspecified atom stereocenters. The molecule has 1 atom stereocenters. The van der Waals surface area contributed by atoms with Gasteiger partial charge in [0.2, 0.25) is 0 Å². The lowest BCUT2D eigenvalue weighted by Gasteiger charge is -2.42. The highest BCUT2D eigenvalue weighted by molar-refractivity contribution is 5.28. The molecule has 2 aliphatic rings. The predicted molar refractivity (Wildman–Crippen MR) is 109 cm³/mol. The number of rotatable bonds is 4. The molecule has 1 heterocycles. The zero-order valence-electron chi connectivity index (χ0n) is 17.8. The van der Waals surface area contributed by atoms with Crippen LogP contribution in [0, 0.1) is 24.1 Å². The number of halogens is 1. The van der Waals surface area contributed by atoms with Crippen LogP contribution < -0.4 is 4.74 Å². The Morgan fingerprint density at radius 2 is 1.96 bits per heavy atom. The van der Waals surface area contributed by atoms with Gasteiger partial charge in [-0.2, -0.15) is 0 Å². The van der Waals surface area contributed by atoms with Crippen molar-refractivity contribution in [3.8, 4) is 5.75 Å². The summed E-state index contributed by atoms with van der Waals surface area (Å²) < 4.78 is 25.0. The van der Waals surface area contributed by atoms with Crippen molar-refractivity contribution in [1.82, 2.24) is 4.90 Å². The van der Waals surface area contributed by atoms with E-state index < -0.39 is 5.60 Å². The van der Waals surface area contributed by atoms with Crippen LogP contribution in [0.1, 0.15) is 52.0 Å². The van der Waals surface area contributed by atoms with E-state index in [1.165, 1.54) is 31.7 Å². The predicted octanol–water partition coefficient (Wildman–Crippen LogP) is 4.18. The Balaban J connectivity index is 1.59. The molecule has 1 aliphatic carbocycles. The first-order valence-electron chi connectivity index (χ1n) is 10.6. The normalized spacial score (nSPS) is 30.1. The van der Waals surface area contributed by atoms with E-state index in [1.807, 2.05) is 0 Å². The number of nitrogens with zero attached hydrogens (tertiary/aromatic N) is 1. The molecule has 1 aromatic rings. The minimum atomic E-state index is -1.06. The molecule has 1 N–H and O–H groups in total. The lowest BCUT2D eigenvalue weighted by molar-refractivity contribution is -0.0691. The number of hydrogen-bond acceptors (Lipinski definition) is 4. The van der Waals surface area contributed by atoms with E-state index in [-0.39, 0.29) is 19.0 Å². The molecule has 5 heteroatoms. The maximum Gasteiger partial charge on any atom is 0.134 e. The van der Waals surface area contributed by atoms with Crippen LogP contribution in [-0.4, -0.2) is 54.6 Å². The van der Waals surface area contributed by atoms with E-state index in [0.29, 0.717) is 35.9 Å². The number of ether oxygens (including phenoxy) is 2. The molecule has 3 rings (SSSR count). The number of benzene rings is 1. The van der Waals surface area contributed by atoms with Crippen LogP contribution in [0.4, 0.5) is 4.39 Å². The van der Waals surface area contributed by atoms with Crippen molar-refractivity contribution in [1.29, 1.82) is 0 Å². The fraction of sp³-hybridized carbons (Fsp3) is 0.739. The molecule has 1 saturated carbocycles. The highest BCUT2D eigenvalue weighted by Crippen LogP contribution is 2.39. The van der Waals surface area contributed by atoms with E-state index in [4.69, 9.17) is 9.47 Å². The molecule has 28 heavy (non-hydrogen) atoms. The summed E-state index contributed by atoms with van der Waals surface area (Å²) in [6.07, 6.45) is 4.84. The van der Waals surface area contributed by atoms with Gasteiger partial charge in [-0.25, -0.2) is 4.39 Å². The molecule has 4 nitrogen and oxygen atoms in total. The minimum absolute atomic E-state index is 0.145. The van der Waals surface area contributed by atoms with Gasteiger partial charge in [-0.05, 0) is 67.7 Å². The van der Waals surface area contributed by atoms with Crippen LogP contribution in [0.15, 0.2) is 18.2 Å². The topological polar surface area (TPSA) is 41.9 Å². The maximum absolute atomic E-state index is 13.4. The fourth-order valence-corrected chi connectivity index (χ4v) is 4.58. The second kappa shape index (κ2) is 8.68. The number of aryl methyl sites for hydroxylation is 1. The van der Waals surface area contributed by atoms with Crippen molar-refractivity contribution >= 4 is 0 Å². The van der Waals surface area contributed by atoms with Crippen molar-refractivity contribution in [2.75, 3.05) is 32.9 Å². The summed E-state index contributed by atoms with van der Waals surface area (Å²) in [5, 5.41) is 11.2. The smallest absolute Gasteiger partial charge is 0.134 e. The van der Waals surface area contributed by atoms with Gasteiger partial charge in [0, 0.05) is 19.1 Å². The minimum Gasteiger partial charge on any atom is -0.490 e. The average Bonchev–Trinajstić information content (AvgIpc) is 2.84. The molecular formula is C23H36FNO3. The summed E-state index contributed by atoms with van der Waals surface area (Å²) in [5.74, 6) is 1.10. The van der Waals surface area contributed by atoms with Gasteiger partial charge < -0.3 is 14.6 Å². The number of hydrogen-bond donors (Lipinski definition) is 1. The number of β-amino-alcohol motifs (C(OH)–C–C–N with tert-alkyl or cyclic N) is 1. The Morgan fingerprint density at radius 1 is 1.25 bits per heavy atom. The van der Waals surface area contributed by atoms with Gasteiger partial charge in [-0.15, -0.1) is 0 Å². The first kappa shape index (κ1) is 21.5. The van der Waals surface area contributed by atoms with E-state index >= 15 is 0 Å². The maximum atomic E-state index is 13.4. The van der Waals surface area contributed by atoms with Crippen molar-refractivity contribution < 1.29 is 19.0 Å². The van der Waals surface area contributed by atoms with Gasteiger partial charge in [0.15, 0.2) is 0 Å². The van der Waals surface area contributed by atoms with Gasteiger partial charge >= 0.3 is 0 Å². The summed E-state index contributed by atoms with van der Waals surface area (Å²) in [7, 11) is 0. The second-order valence-corrected chi connectivity index (χ2v) is 9.82. The molecule has 1 saturated heterocycles. The van der Waals surface area contributed by atoms with Crippen LogP contribution in [-0.2, 0) is 4.74 Å². The van der Waals surface area contributed by atoms with Crippen LogP contribution in [0.25, 0.3) is 0 Å². The Morgan fingerprint density at radius 3 is 2.61 bits per heavy atom. The monoisotopic (exact) mass is 393 g/mol. The molecule has 1 aromatic carbocycles. The Hall–Kier alpha value is -1.17. The van der Waals surface area contributed by atoms with Crippen molar-refractivity contribution in [3.05, 3.63) is 29.6 Å². The molecule has 0 radical (unpaired) electrons. The third kappa shape index (κ3) is 5.46. The second-order valence-electron chi connectivity index (χ2n) is 9.82. The summed E-state index contributed by atoms with van der Waals surface area (Å²) in [6.45, 7) is 11.2. The van der Waals surface area contributed by atoms with Gasteiger partial charge in [0.05, 0.1) is 13.2 Å².